The monoisotopic (exact) mass is 998 g/mol. The molecule has 7 aliphatic rings. The Bertz CT molecular complexity index is 3760. The maximum absolute atomic E-state index is 2.69. The smallest absolute Gasteiger partial charge is 0.0714 e. The quantitative estimate of drug-likeness (QED) is 0.160. The molecule has 16 rings (SSSR count). The predicted octanol–water partition coefficient (Wildman–Crippen LogP) is 19.8. The molecule has 4 fully saturated rings. The Morgan fingerprint density at radius 2 is 0.870 bits per heavy atom. The van der Waals surface area contributed by atoms with Crippen LogP contribution in [0.1, 0.15) is 143 Å². The topological polar surface area (TPSA) is 3.24 Å². The molecule has 0 amide bonds. The highest BCUT2D eigenvalue weighted by Gasteiger charge is 2.61. The summed E-state index contributed by atoms with van der Waals surface area (Å²) < 4.78 is 0. The fourth-order valence-corrected chi connectivity index (χ4v) is 17.3. The van der Waals surface area contributed by atoms with E-state index in [-0.39, 0.29) is 21.7 Å². The second-order valence-corrected chi connectivity index (χ2v) is 26.9. The second kappa shape index (κ2) is 16.4. The summed E-state index contributed by atoms with van der Waals surface area (Å²) in [5, 5.41) is 0. The minimum absolute atomic E-state index is 0.0307. The molecule has 1 spiro atoms. The summed E-state index contributed by atoms with van der Waals surface area (Å²) >= 11 is 0. The van der Waals surface area contributed by atoms with Gasteiger partial charge in [-0.2, -0.15) is 0 Å². The van der Waals surface area contributed by atoms with E-state index in [0.29, 0.717) is 11.8 Å². The molecule has 0 aromatic heterocycles. The molecule has 4 saturated carbocycles. The molecule has 7 aliphatic carbocycles. The lowest BCUT2D eigenvalue weighted by Gasteiger charge is -2.61. The lowest BCUT2D eigenvalue weighted by Crippen LogP contribution is -2.55. The summed E-state index contributed by atoms with van der Waals surface area (Å²) in [6.45, 7) is 18.8. The van der Waals surface area contributed by atoms with E-state index in [9.17, 15) is 0 Å². The molecule has 0 N–H and O–H groups in total. The molecule has 1 heteroatoms. The predicted molar refractivity (Wildman–Crippen MR) is 322 cm³/mol. The van der Waals surface area contributed by atoms with Gasteiger partial charge in [-0.15, -0.1) is 0 Å². The highest BCUT2D eigenvalue weighted by Crippen LogP contribution is 2.70. The van der Waals surface area contributed by atoms with Gasteiger partial charge in [-0.3, -0.25) is 0 Å². The number of benzene rings is 9. The molecule has 0 heterocycles. The minimum Gasteiger partial charge on any atom is -0.310 e. The van der Waals surface area contributed by atoms with Crippen molar-refractivity contribution in [2.24, 2.45) is 23.7 Å². The van der Waals surface area contributed by atoms with Crippen LogP contribution in [0, 0.1) is 23.7 Å². The van der Waals surface area contributed by atoms with E-state index in [4.69, 9.17) is 0 Å². The third kappa shape index (κ3) is 6.53. The third-order valence-electron chi connectivity index (χ3n) is 20.5. The third-order valence-corrected chi connectivity index (χ3v) is 20.5. The molecule has 0 radical (unpaired) electrons. The zero-order valence-electron chi connectivity index (χ0n) is 46.3. The Morgan fingerprint density at radius 3 is 1.48 bits per heavy atom. The molecule has 0 saturated heterocycles. The van der Waals surface area contributed by atoms with Gasteiger partial charge in [0.25, 0.3) is 0 Å². The van der Waals surface area contributed by atoms with Gasteiger partial charge in [0.1, 0.15) is 0 Å². The number of nitrogens with zero attached hydrogens (tertiary/aromatic N) is 1. The zero-order valence-corrected chi connectivity index (χ0v) is 46.3. The van der Waals surface area contributed by atoms with Crippen molar-refractivity contribution in [3.05, 3.63) is 256 Å². The molecule has 4 bridgehead atoms. The van der Waals surface area contributed by atoms with Crippen LogP contribution in [0.4, 0.5) is 17.1 Å². The van der Waals surface area contributed by atoms with Crippen molar-refractivity contribution in [3.63, 3.8) is 0 Å². The number of rotatable bonds is 6. The summed E-state index contributed by atoms with van der Waals surface area (Å²) in [7, 11) is 0. The van der Waals surface area contributed by atoms with Gasteiger partial charge < -0.3 is 4.90 Å². The van der Waals surface area contributed by atoms with E-state index in [1.807, 2.05) is 0 Å². The van der Waals surface area contributed by atoms with Gasteiger partial charge in [-0.25, -0.2) is 0 Å². The van der Waals surface area contributed by atoms with Crippen LogP contribution in [-0.2, 0) is 27.1 Å². The van der Waals surface area contributed by atoms with Gasteiger partial charge in [0.15, 0.2) is 0 Å². The summed E-state index contributed by atoms with van der Waals surface area (Å²) in [5.41, 5.74) is 27.8. The average molecular weight is 998 g/mol. The van der Waals surface area contributed by atoms with Crippen LogP contribution in [-0.4, -0.2) is 0 Å². The lowest BCUT2D eigenvalue weighted by atomic mass is 9.43. The fraction of sp³-hybridized carbons (Fsp3) is 0.289. The first-order chi connectivity index (χ1) is 37.2. The van der Waals surface area contributed by atoms with E-state index in [0.717, 1.165) is 11.8 Å². The summed E-state index contributed by atoms with van der Waals surface area (Å²) in [5.74, 6) is 3.11. The SMILES string of the molecule is CC(C)(C)c1ccc(C2(c3ccc(C(C)(C)C)cc3)c3ccccc3-c3c(N(c4ccc(-c5cccc6c5C(C)(C)c5ccccc5-6)cc4)c4ccc5c(c4)C4(c6ccccc6-5)C5CC6CC(C5)CC4C6)cccc32)cc1. The van der Waals surface area contributed by atoms with E-state index in [1.54, 1.807) is 11.1 Å². The van der Waals surface area contributed by atoms with Crippen LogP contribution >= 0.6 is 0 Å². The fourth-order valence-electron chi connectivity index (χ4n) is 17.3. The maximum atomic E-state index is 2.69. The second-order valence-electron chi connectivity index (χ2n) is 26.9. The van der Waals surface area contributed by atoms with E-state index in [2.05, 4.69) is 260 Å². The number of anilines is 3. The van der Waals surface area contributed by atoms with Crippen LogP contribution in [0.5, 0.6) is 0 Å². The Hall–Kier alpha value is -7.22. The first-order valence-electron chi connectivity index (χ1n) is 29.0. The van der Waals surface area contributed by atoms with Crippen LogP contribution in [0.15, 0.2) is 200 Å². The zero-order chi connectivity index (χ0) is 52.4. The minimum atomic E-state index is -0.563. The van der Waals surface area contributed by atoms with Crippen molar-refractivity contribution in [1.82, 2.24) is 0 Å². The molecule has 9 aromatic rings. The molecule has 9 aromatic carbocycles. The highest BCUT2D eigenvalue weighted by molar-refractivity contribution is 5.98. The highest BCUT2D eigenvalue weighted by atomic mass is 15.1. The van der Waals surface area contributed by atoms with Crippen molar-refractivity contribution in [1.29, 1.82) is 0 Å². The normalized spacial score (nSPS) is 22.3. The first-order valence-corrected chi connectivity index (χ1v) is 29.0. The van der Waals surface area contributed by atoms with Crippen molar-refractivity contribution in [2.45, 2.75) is 115 Å². The van der Waals surface area contributed by atoms with Gasteiger partial charge in [0.2, 0.25) is 0 Å². The average Bonchev–Trinajstić information content (AvgIpc) is 4.23. The molecular weight excluding hydrogens is 927 g/mol. The largest absolute Gasteiger partial charge is 0.310 e. The molecule has 77 heavy (non-hydrogen) atoms. The molecular formula is C76H71N. The lowest BCUT2D eigenvalue weighted by molar-refractivity contribution is -0.0399. The Balaban J connectivity index is 0.970. The Kier molecular flexibility index (Phi) is 10.0. The van der Waals surface area contributed by atoms with Crippen molar-refractivity contribution in [3.8, 4) is 44.5 Å². The summed E-state index contributed by atoms with van der Waals surface area (Å²) in [6.07, 6.45) is 6.89. The molecule has 0 atom stereocenters. The van der Waals surface area contributed by atoms with Crippen molar-refractivity contribution >= 4 is 17.1 Å². The Morgan fingerprint density at radius 1 is 0.390 bits per heavy atom. The first kappa shape index (κ1) is 47.0. The van der Waals surface area contributed by atoms with E-state index >= 15 is 0 Å². The summed E-state index contributed by atoms with van der Waals surface area (Å²) in [4.78, 5) is 2.66. The summed E-state index contributed by atoms with van der Waals surface area (Å²) in [6, 6.07) is 78.8. The number of hydrogen-bond acceptors (Lipinski definition) is 1. The van der Waals surface area contributed by atoms with Crippen LogP contribution in [0.25, 0.3) is 44.5 Å². The van der Waals surface area contributed by atoms with Gasteiger partial charge in [0, 0.05) is 27.8 Å². The van der Waals surface area contributed by atoms with Crippen molar-refractivity contribution < 1.29 is 0 Å². The molecule has 1 nitrogen and oxygen atoms in total. The standard InChI is InChI=1S/C76H71N/c1-72(2,3)50-29-33-52(34-30-50)75(53-35-31-51(32-36-53)73(4,5)6)66-24-14-11-19-63(66)70-67(75)25-16-26-69(70)77(56-37-27-49(28-38-56)58-20-15-21-62-60-18-9-12-22-64(60)74(7,8)71(58)62)57-39-40-61-59-17-10-13-23-65(59)76(68(61)46-57)54-42-47-41-48(44-54)45-55(76)43-47/h9-40,46-48,54-55H,41-45H2,1-8H3. The molecule has 0 aliphatic heterocycles. The van der Waals surface area contributed by atoms with Crippen molar-refractivity contribution in [2.75, 3.05) is 4.90 Å². The van der Waals surface area contributed by atoms with Gasteiger partial charge in [0.05, 0.1) is 11.1 Å². The van der Waals surface area contributed by atoms with E-state index in [1.165, 1.54) is 138 Å². The molecule has 0 unspecified atom stereocenters. The van der Waals surface area contributed by atoms with Gasteiger partial charge in [-0.1, -0.05) is 225 Å². The maximum Gasteiger partial charge on any atom is 0.0714 e. The van der Waals surface area contributed by atoms with Gasteiger partial charge >= 0.3 is 0 Å². The number of hydrogen-bond donors (Lipinski definition) is 0. The number of fused-ring (bicyclic) bond motifs is 9. The Labute approximate surface area is 458 Å². The van der Waals surface area contributed by atoms with Crippen LogP contribution < -0.4 is 4.90 Å². The van der Waals surface area contributed by atoms with Crippen LogP contribution in [0.3, 0.4) is 0 Å². The molecule has 380 valence electrons. The van der Waals surface area contributed by atoms with Gasteiger partial charge in [-0.05, 0) is 192 Å². The van der Waals surface area contributed by atoms with E-state index < -0.39 is 5.41 Å². The van der Waals surface area contributed by atoms with Crippen LogP contribution in [0.2, 0.25) is 0 Å².